The molecule has 3 aromatic rings. The van der Waals surface area contributed by atoms with E-state index in [1.54, 1.807) is 12.1 Å². The number of hydrogen-bond acceptors (Lipinski definition) is 10. The second-order valence-electron chi connectivity index (χ2n) is 12.6. The molecule has 4 atom stereocenters. The second-order valence-corrected chi connectivity index (χ2v) is 14.3. The number of aliphatic hydroxyl groups excluding tert-OH is 1. The van der Waals surface area contributed by atoms with E-state index >= 15 is 0 Å². The molecule has 1 fully saturated rings. The summed E-state index contributed by atoms with van der Waals surface area (Å²) in [5, 5.41) is 18.0. The molecule has 0 aliphatic carbocycles. The van der Waals surface area contributed by atoms with Gasteiger partial charge >= 0.3 is 13.4 Å². The number of aromatic nitrogens is 3. The van der Waals surface area contributed by atoms with Crippen LogP contribution in [0.3, 0.4) is 0 Å². The van der Waals surface area contributed by atoms with E-state index < -0.39 is 31.9 Å². The molecular formula is C40H53N6O7P. The molecule has 1 amide bonds. The van der Waals surface area contributed by atoms with Crippen LogP contribution in [0.25, 0.3) is 10.8 Å². The van der Waals surface area contributed by atoms with Crippen molar-refractivity contribution < 1.29 is 28.3 Å². The number of nitrogen functional groups attached to an aromatic ring is 1. The van der Waals surface area contributed by atoms with E-state index in [-0.39, 0.29) is 38.0 Å². The Morgan fingerprint density at radius 2 is 1.65 bits per heavy atom. The minimum atomic E-state index is -4.07. The molecule has 14 heteroatoms. The van der Waals surface area contributed by atoms with Crippen LogP contribution in [0.1, 0.15) is 70.9 Å². The van der Waals surface area contributed by atoms with E-state index in [9.17, 15) is 19.3 Å². The Balaban J connectivity index is 1.19. The van der Waals surface area contributed by atoms with Gasteiger partial charge in [0.2, 0.25) is 11.9 Å². The van der Waals surface area contributed by atoms with Crippen LogP contribution in [-0.4, -0.2) is 57.5 Å². The molecule has 290 valence electrons. The fourth-order valence-corrected chi connectivity index (χ4v) is 6.86. The van der Waals surface area contributed by atoms with Gasteiger partial charge in [-0.1, -0.05) is 104 Å². The smallest absolute Gasteiger partial charge is 0.413 e. The molecular weight excluding hydrogens is 707 g/mol. The number of ether oxygens (including phenoxy) is 1. The number of hydrogen-bond donors (Lipinski definition) is 4. The van der Waals surface area contributed by atoms with Gasteiger partial charge in [0.15, 0.2) is 0 Å². The average Bonchev–Trinajstić information content (AvgIpc) is 3.53. The van der Waals surface area contributed by atoms with E-state index in [1.165, 1.54) is 6.33 Å². The third-order valence-electron chi connectivity index (χ3n) is 8.32. The van der Waals surface area contributed by atoms with Crippen molar-refractivity contribution in [3.8, 4) is 5.75 Å². The highest BCUT2D eigenvalue weighted by atomic mass is 31.2. The van der Waals surface area contributed by atoms with Crippen LogP contribution >= 0.6 is 7.75 Å². The molecule has 5 N–H and O–H groups in total. The van der Waals surface area contributed by atoms with Gasteiger partial charge in [-0.3, -0.25) is 13.9 Å². The maximum absolute atomic E-state index is 14.1. The first kappa shape index (κ1) is 42.1. The van der Waals surface area contributed by atoms with Crippen LogP contribution in [0.5, 0.6) is 5.75 Å². The van der Waals surface area contributed by atoms with Crippen LogP contribution in [-0.2, 0) is 18.6 Å². The third-order valence-corrected chi connectivity index (χ3v) is 9.86. The normalized spacial score (nSPS) is 18.9. The summed E-state index contributed by atoms with van der Waals surface area (Å²) in [6, 6.07) is 12.9. The number of nitrogens with one attached hydrogen (secondary N) is 2. The highest BCUT2D eigenvalue weighted by Crippen LogP contribution is 2.46. The zero-order valence-corrected chi connectivity index (χ0v) is 31.8. The van der Waals surface area contributed by atoms with Crippen LogP contribution in [0.4, 0.5) is 5.95 Å². The first-order chi connectivity index (χ1) is 26.3. The fourth-order valence-electron chi connectivity index (χ4n) is 5.50. The molecule has 1 saturated heterocycles. The van der Waals surface area contributed by atoms with Gasteiger partial charge in [-0.25, -0.2) is 19.4 Å². The van der Waals surface area contributed by atoms with Crippen LogP contribution in [0.15, 0.2) is 114 Å². The van der Waals surface area contributed by atoms with Crippen molar-refractivity contribution in [2.45, 2.75) is 83.1 Å². The maximum Gasteiger partial charge on any atom is 0.458 e. The molecule has 54 heavy (non-hydrogen) atoms. The molecule has 2 unspecified atom stereocenters. The quantitative estimate of drug-likeness (QED) is 0.0451. The number of allylic oxidation sites excluding steroid dienone is 10. The van der Waals surface area contributed by atoms with E-state index in [0.29, 0.717) is 18.6 Å². The molecule has 4 rings (SSSR count). The zero-order chi connectivity index (χ0) is 38.4. The largest absolute Gasteiger partial charge is 0.458 e. The number of aliphatic hydroxyl groups is 1. The SMILES string of the molecule is CC/C=C\C/C=C\C/C=C\C/C=C\C/C=C\CCCC(=O)NCCNP(=O)(OC[C@H]1OC(n2cnc(N)nc2=O)C[C@@H]1O)Oc1cccc2ccccc12. The minimum Gasteiger partial charge on any atom is -0.413 e. The van der Waals surface area contributed by atoms with Crippen LogP contribution in [0, 0.1) is 0 Å². The summed E-state index contributed by atoms with van der Waals surface area (Å²) in [4.78, 5) is 32.2. The molecule has 1 aromatic heterocycles. The first-order valence-corrected chi connectivity index (χ1v) is 20.0. The summed E-state index contributed by atoms with van der Waals surface area (Å²) in [5.74, 6) is 0.0365. The number of carbonyl (C=O) groups excluding carboxylic acids is 1. The molecule has 2 aromatic carbocycles. The zero-order valence-electron chi connectivity index (χ0n) is 30.9. The van der Waals surface area contributed by atoms with Gasteiger partial charge in [0.1, 0.15) is 24.4 Å². The Bertz CT molecular complexity index is 1870. The summed E-state index contributed by atoms with van der Waals surface area (Å²) in [5.41, 5.74) is 4.81. The van der Waals surface area contributed by atoms with E-state index in [0.717, 1.165) is 53.9 Å². The van der Waals surface area contributed by atoms with Crippen molar-refractivity contribution in [1.82, 2.24) is 24.9 Å². The Morgan fingerprint density at radius 3 is 2.35 bits per heavy atom. The van der Waals surface area contributed by atoms with E-state index in [2.05, 4.69) is 88.1 Å². The van der Waals surface area contributed by atoms with Gasteiger partial charge in [0.25, 0.3) is 0 Å². The summed E-state index contributed by atoms with van der Waals surface area (Å²) >= 11 is 0. The second kappa shape index (κ2) is 23.2. The average molecular weight is 761 g/mol. The van der Waals surface area contributed by atoms with Crippen molar-refractivity contribution in [3.63, 3.8) is 0 Å². The highest BCUT2D eigenvalue weighted by molar-refractivity contribution is 7.52. The molecule has 1 aliphatic heterocycles. The number of rotatable bonds is 23. The monoisotopic (exact) mass is 760 g/mol. The Labute approximate surface area is 317 Å². The lowest BCUT2D eigenvalue weighted by Gasteiger charge is -2.23. The maximum atomic E-state index is 14.1. The molecule has 0 bridgehead atoms. The lowest BCUT2D eigenvalue weighted by molar-refractivity contribution is -0.121. The topological polar surface area (TPSA) is 180 Å². The molecule has 1 aliphatic rings. The number of carbonyl (C=O) groups is 1. The van der Waals surface area contributed by atoms with Crippen molar-refractivity contribution in [2.75, 3.05) is 25.4 Å². The minimum absolute atomic E-state index is 0.0518. The van der Waals surface area contributed by atoms with Crippen LogP contribution in [0.2, 0.25) is 0 Å². The third kappa shape index (κ3) is 14.6. The van der Waals surface area contributed by atoms with Gasteiger partial charge in [-0.15, -0.1) is 0 Å². The number of anilines is 1. The van der Waals surface area contributed by atoms with Gasteiger partial charge in [-0.05, 0) is 56.4 Å². The molecule has 2 heterocycles. The van der Waals surface area contributed by atoms with Gasteiger partial charge in [-0.2, -0.15) is 4.98 Å². The molecule has 0 spiro atoms. The lowest BCUT2D eigenvalue weighted by atomic mass is 10.1. The van der Waals surface area contributed by atoms with Crippen molar-refractivity contribution >= 4 is 30.4 Å². The van der Waals surface area contributed by atoms with Gasteiger partial charge in [0.05, 0.1) is 12.7 Å². The van der Waals surface area contributed by atoms with Gasteiger partial charge in [0, 0.05) is 31.3 Å². The number of nitrogens with zero attached hydrogens (tertiary/aromatic N) is 3. The van der Waals surface area contributed by atoms with E-state index in [1.807, 2.05) is 30.3 Å². The molecule has 0 radical (unpaired) electrons. The summed E-state index contributed by atoms with van der Waals surface area (Å²) in [7, 11) is -4.07. The predicted octanol–water partition coefficient (Wildman–Crippen LogP) is 6.85. The summed E-state index contributed by atoms with van der Waals surface area (Å²) < 4.78 is 32.9. The Hall–Kier alpha value is -4.65. The van der Waals surface area contributed by atoms with Gasteiger partial charge < -0.3 is 25.4 Å². The van der Waals surface area contributed by atoms with Crippen LogP contribution < -0.4 is 26.4 Å². The number of amides is 1. The number of fused-ring (bicyclic) bond motifs is 1. The number of unbranched alkanes of at least 4 members (excludes halogenated alkanes) is 1. The first-order valence-electron chi connectivity index (χ1n) is 18.5. The summed E-state index contributed by atoms with van der Waals surface area (Å²) in [6.07, 6.45) is 26.6. The number of nitrogens with two attached hydrogens (primary N) is 1. The number of benzene rings is 2. The Morgan fingerprint density at radius 1 is 0.981 bits per heavy atom. The Kier molecular flexibility index (Phi) is 18.1. The fraction of sp³-hybridized carbons (Fsp3) is 0.400. The standard InChI is InChI=1S/C40H53N6O7P/c1-2-3-4-5-6-7-8-9-10-11-12-13-14-15-16-17-18-26-37(48)42-27-28-44-54(50,53-35-25-21-23-32-22-19-20-24-33(32)35)51-30-36-34(47)29-38(52-36)46-31-43-39(41)45-40(46)49/h3-4,6-7,9-10,12-13,15-16,19-25,31,34,36,38,47H,2,5,8,11,14,17-18,26-30H2,1H3,(H,42,48)(H,44,50)(H2,41,45,49)/b4-3-,7-6-,10-9-,13-12-,16-15-/t34-,36+,38?,54?/m0/s1. The van der Waals surface area contributed by atoms with Crippen molar-refractivity contribution in [2.24, 2.45) is 0 Å². The van der Waals surface area contributed by atoms with Crippen molar-refractivity contribution in [1.29, 1.82) is 0 Å². The lowest BCUT2D eigenvalue weighted by Crippen LogP contribution is -2.33. The van der Waals surface area contributed by atoms with Crippen molar-refractivity contribution in [3.05, 3.63) is 120 Å². The highest BCUT2D eigenvalue weighted by Gasteiger charge is 2.38. The molecule has 0 saturated carbocycles. The summed E-state index contributed by atoms with van der Waals surface area (Å²) in [6.45, 7) is 2.07. The molecule has 13 nitrogen and oxygen atoms in total. The van der Waals surface area contributed by atoms with E-state index in [4.69, 9.17) is 19.5 Å². The predicted molar refractivity (Wildman–Crippen MR) is 213 cm³/mol.